The number of thioether (sulfide) groups is 1. The Morgan fingerprint density at radius 2 is 1.85 bits per heavy atom. The molecule has 1 aromatic heterocycles. The Hall–Kier alpha value is -2.69. The number of unbranched alkanes of at least 4 members (excludes halogenated alkanes) is 1. The second-order valence-electron chi connectivity index (χ2n) is 8.63. The Morgan fingerprint density at radius 1 is 1.13 bits per heavy atom. The molecule has 1 N–H and O–H groups in total. The highest BCUT2D eigenvalue weighted by Gasteiger charge is 2.30. The number of methoxy groups -OCH3 is 1. The monoisotopic (exact) mass is 599 g/mol. The van der Waals surface area contributed by atoms with Crippen molar-refractivity contribution in [3.8, 4) is 16.9 Å². The van der Waals surface area contributed by atoms with Crippen LogP contribution in [0.25, 0.3) is 11.1 Å². The van der Waals surface area contributed by atoms with Crippen LogP contribution in [0, 0.1) is 6.92 Å². The molecule has 0 saturated carbocycles. The van der Waals surface area contributed by atoms with Gasteiger partial charge in [-0.05, 0) is 66.1 Å². The summed E-state index contributed by atoms with van der Waals surface area (Å²) in [7, 11) is 1.28. The number of carbonyl (C=O) groups excluding carboxylic acids is 2. The van der Waals surface area contributed by atoms with Gasteiger partial charge in [0.2, 0.25) is 0 Å². The Bertz CT molecular complexity index is 1280. The van der Waals surface area contributed by atoms with Crippen LogP contribution in [0.5, 0.6) is 5.75 Å². The molecule has 0 aliphatic rings. The van der Waals surface area contributed by atoms with Gasteiger partial charge in [0.1, 0.15) is 10.6 Å². The standard InChI is InChI=1S/C28H29ClF3NO4S2/c1-4-5-14-38-27(23-16-22(29)25(39-23)26(35)33-13-12-24(34)36-3)37-20-10-11-21(17(2)15-20)18-6-8-19(9-7-18)28(30,31)32/h6-11,15-16,27H,4-5,12-14H2,1-3H3,(H,33,35). The van der Waals surface area contributed by atoms with Crippen molar-refractivity contribution in [2.45, 2.75) is 44.7 Å². The van der Waals surface area contributed by atoms with Gasteiger partial charge >= 0.3 is 12.1 Å². The van der Waals surface area contributed by atoms with Crippen LogP contribution < -0.4 is 10.1 Å². The van der Waals surface area contributed by atoms with Crippen molar-refractivity contribution >= 4 is 46.6 Å². The van der Waals surface area contributed by atoms with Crippen LogP contribution in [0.2, 0.25) is 5.02 Å². The fourth-order valence-electron chi connectivity index (χ4n) is 3.62. The van der Waals surface area contributed by atoms with E-state index in [4.69, 9.17) is 16.3 Å². The van der Waals surface area contributed by atoms with Crippen LogP contribution in [0.4, 0.5) is 13.2 Å². The van der Waals surface area contributed by atoms with Crippen LogP contribution in [-0.2, 0) is 15.7 Å². The summed E-state index contributed by atoms with van der Waals surface area (Å²) in [6.45, 7) is 4.10. The summed E-state index contributed by atoms with van der Waals surface area (Å²) in [6, 6.07) is 12.2. The first-order valence-corrected chi connectivity index (χ1v) is 14.5. The van der Waals surface area contributed by atoms with Crippen molar-refractivity contribution in [1.82, 2.24) is 5.32 Å². The van der Waals surface area contributed by atoms with E-state index < -0.39 is 23.1 Å². The number of carbonyl (C=O) groups is 2. The molecule has 3 rings (SSSR count). The predicted octanol–water partition coefficient (Wildman–Crippen LogP) is 8.30. The molecule has 0 aliphatic carbocycles. The number of nitrogens with one attached hydrogen (secondary N) is 1. The van der Waals surface area contributed by atoms with E-state index in [9.17, 15) is 22.8 Å². The fraction of sp³-hybridized carbons (Fsp3) is 0.357. The molecule has 3 aromatic rings. The summed E-state index contributed by atoms with van der Waals surface area (Å²) >= 11 is 9.21. The van der Waals surface area contributed by atoms with Crippen LogP contribution >= 0.6 is 34.7 Å². The van der Waals surface area contributed by atoms with E-state index >= 15 is 0 Å². The third-order valence-electron chi connectivity index (χ3n) is 5.72. The van der Waals surface area contributed by atoms with E-state index in [1.54, 1.807) is 23.9 Å². The zero-order valence-electron chi connectivity index (χ0n) is 21.7. The lowest BCUT2D eigenvalue weighted by atomic mass is 9.99. The van der Waals surface area contributed by atoms with Crippen LogP contribution in [0.1, 0.15) is 57.3 Å². The summed E-state index contributed by atoms with van der Waals surface area (Å²) in [4.78, 5) is 25.0. The van der Waals surface area contributed by atoms with Crippen molar-refractivity contribution in [2.75, 3.05) is 19.4 Å². The molecule has 39 heavy (non-hydrogen) atoms. The van der Waals surface area contributed by atoms with Gasteiger partial charge in [-0.25, -0.2) is 0 Å². The van der Waals surface area contributed by atoms with Crippen molar-refractivity contribution in [1.29, 1.82) is 0 Å². The molecule has 0 saturated heterocycles. The number of benzene rings is 2. The van der Waals surface area contributed by atoms with Gasteiger partial charge in [0.05, 0.1) is 29.0 Å². The van der Waals surface area contributed by atoms with Gasteiger partial charge in [0.15, 0.2) is 5.44 Å². The number of hydrogen-bond donors (Lipinski definition) is 1. The molecule has 0 fully saturated rings. The molecule has 0 radical (unpaired) electrons. The van der Waals surface area contributed by atoms with Gasteiger partial charge in [0.25, 0.3) is 5.91 Å². The number of alkyl halides is 3. The summed E-state index contributed by atoms with van der Waals surface area (Å²) in [5, 5.41) is 2.97. The predicted molar refractivity (Wildman–Crippen MR) is 151 cm³/mol. The van der Waals surface area contributed by atoms with E-state index in [1.165, 1.54) is 30.6 Å². The summed E-state index contributed by atoms with van der Waals surface area (Å²) in [5.74, 6) is 0.619. The minimum Gasteiger partial charge on any atom is -0.474 e. The van der Waals surface area contributed by atoms with Crippen molar-refractivity contribution in [3.05, 3.63) is 74.4 Å². The van der Waals surface area contributed by atoms with Gasteiger partial charge in [-0.2, -0.15) is 13.2 Å². The summed E-state index contributed by atoms with van der Waals surface area (Å²) < 4.78 is 49.7. The normalized spacial score (nSPS) is 12.2. The highest BCUT2D eigenvalue weighted by Crippen LogP contribution is 2.40. The van der Waals surface area contributed by atoms with Gasteiger partial charge in [0, 0.05) is 6.54 Å². The van der Waals surface area contributed by atoms with E-state index in [-0.39, 0.29) is 18.9 Å². The smallest absolute Gasteiger partial charge is 0.416 e. The first kappa shape index (κ1) is 30.8. The van der Waals surface area contributed by atoms with E-state index in [0.717, 1.165) is 46.7 Å². The van der Waals surface area contributed by atoms with Crippen molar-refractivity contribution in [2.24, 2.45) is 0 Å². The summed E-state index contributed by atoms with van der Waals surface area (Å²) in [6.07, 6.45) is -2.33. The zero-order valence-corrected chi connectivity index (χ0v) is 24.1. The largest absolute Gasteiger partial charge is 0.474 e. The van der Waals surface area contributed by atoms with Gasteiger partial charge < -0.3 is 14.8 Å². The minimum absolute atomic E-state index is 0.0541. The van der Waals surface area contributed by atoms with E-state index in [1.807, 2.05) is 19.1 Å². The Morgan fingerprint density at radius 3 is 2.46 bits per heavy atom. The molecule has 2 aromatic carbocycles. The van der Waals surface area contributed by atoms with E-state index in [2.05, 4.69) is 17.0 Å². The molecular weight excluding hydrogens is 571 g/mol. The van der Waals surface area contributed by atoms with Crippen LogP contribution in [0.3, 0.4) is 0 Å². The zero-order chi connectivity index (χ0) is 28.6. The number of hydrogen-bond acceptors (Lipinski definition) is 6. The SMILES string of the molecule is CCCCSC(Oc1ccc(-c2ccc(C(F)(F)F)cc2)c(C)c1)c1cc(Cl)c(C(=O)NCCC(=O)OC)s1. The lowest BCUT2D eigenvalue weighted by Gasteiger charge is -2.19. The number of rotatable bonds is 12. The topological polar surface area (TPSA) is 64.6 Å². The molecule has 5 nitrogen and oxygen atoms in total. The lowest BCUT2D eigenvalue weighted by molar-refractivity contribution is -0.140. The van der Waals surface area contributed by atoms with E-state index in [0.29, 0.717) is 21.2 Å². The fourth-order valence-corrected chi connectivity index (χ4v) is 6.31. The number of ether oxygens (including phenoxy) is 2. The average Bonchev–Trinajstić information content (AvgIpc) is 3.29. The molecule has 1 heterocycles. The molecule has 1 atom stereocenters. The Labute approximate surface area is 239 Å². The second-order valence-corrected chi connectivity index (χ2v) is 11.3. The highest BCUT2D eigenvalue weighted by molar-refractivity contribution is 7.99. The van der Waals surface area contributed by atoms with Gasteiger partial charge in [-0.3, -0.25) is 9.59 Å². The number of thiophene rings is 1. The minimum atomic E-state index is -4.38. The Balaban J connectivity index is 1.78. The molecule has 0 aliphatic heterocycles. The first-order chi connectivity index (χ1) is 18.5. The van der Waals surface area contributed by atoms with Gasteiger partial charge in [-0.15, -0.1) is 23.1 Å². The maximum atomic E-state index is 12.9. The molecule has 0 bridgehead atoms. The molecule has 0 spiro atoms. The molecule has 1 unspecified atom stereocenters. The molecular formula is C28H29ClF3NO4S2. The van der Waals surface area contributed by atoms with Gasteiger partial charge in [-0.1, -0.05) is 43.1 Å². The lowest BCUT2D eigenvalue weighted by Crippen LogP contribution is -2.25. The molecule has 1 amide bonds. The maximum Gasteiger partial charge on any atom is 0.416 e. The van der Waals surface area contributed by atoms with Crippen molar-refractivity contribution in [3.63, 3.8) is 0 Å². The maximum absolute atomic E-state index is 12.9. The van der Waals surface area contributed by atoms with Crippen molar-refractivity contribution < 1.29 is 32.2 Å². The number of amides is 1. The molecule has 11 heteroatoms. The quantitative estimate of drug-likeness (QED) is 0.129. The number of esters is 1. The third kappa shape index (κ3) is 8.65. The second kappa shape index (κ2) is 14.1. The number of aryl methyl sites for hydroxylation is 1. The molecule has 210 valence electrons. The summed E-state index contributed by atoms with van der Waals surface area (Å²) in [5.41, 5.74) is 1.21. The van der Waals surface area contributed by atoms with Crippen LogP contribution in [-0.4, -0.2) is 31.3 Å². The third-order valence-corrected chi connectivity index (χ3v) is 8.63. The first-order valence-electron chi connectivity index (χ1n) is 12.2. The van der Waals surface area contributed by atoms with Crippen LogP contribution in [0.15, 0.2) is 48.5 Å². The average molecular weight is 600 g/mol. The highest BCUT2D eigenvalue weighted by atomic mass is 35.5. The number of halogens is 4. The Kier molecular flexibility index (Phi) is 11.1.